The van der Waals surface area contributed by atoms with Gasteiger partial charge in [0.05, 0.1) is 12.6 Å². The van der Waals surface area contributed by atoms with Gasteiger partial charge in [0.25, 0.3) is 0 Å². The first-order chi connectivity index (χ1) is 8.09. The number of likely N-dealkylation sites (N-methyl/N-ethyl adjacent to an activating group) is 1. The molecule has 1 aromatic rings. The van der Waals surface area contributed by atoms with Crippen molar-refractivity contribution in [1.82, 2.24) is 4.90 Å². The monoisotopic (exact) mass is 234 g/mol. The van der Waals surface area contributed by atoms with Crippen molar-refractivity contribution in [2.75, 3.05) is 31.6 Å². The Morgan fingerprint density at radius 1 is 1.29 bits per heavy atom. The van der Waals surface area contributed by atoms with Crippen LogP contribution in [0.3, 0.4) is 0 Å². The third-order valence-electron chi connectivity index (χ3n) is 3.18. The molecule has 1 saturated heterocycles. The van der Waals surface area contributed by atoms with Gasteiger partial charge in [-0.2, -0.15) is 0 Å². The Hall–Kier alpha value is -1.55. The van der Waals surface area contributed by atoms with Crippen LogP contribution < -0.4 is 4.90 Å². The Kier molecular flexibility index (Phi) is 3.33. The van der Waals surface area contributed by atoms with E-state index >= 15 is 0 Å². The van der Waals surface area contributed by atoms with Crippen molar-refractivity contribution in [2.45, 2.75) is 13.0 Å². The molecule has 1 heterocycles. The van der Waals surface area contributed by atoms with E-state index in [1.165, 1.54) is 0 Å². The van der Waals surface area contributed by atoms with Crippen LogP contribution in [0.2, 0.25) is 0 Å². The Morgan fingerprint density at radius 2 is 2.00 bits per heavy atom. The normalized spacial score (nSPS) is 18.4. The largest absolute Gasteiger partial charge is 0.389 e. The lowest BCUT2D eigenvalue weighted by molar-refractivity contribution is -0.129. The van der Waals surface area contributed by atoms with Gasteiger partial charge in [0, 0.05) is 31.4 Å². The maximum Gasteiger partial charge on any atom is 0.241 e. The number of hydrogen-bond acceptors (Lipinski definition) is 3. The molecule has 1 atom stereocenters. The Balaban J connectivity index is 2.25. The molecule has 17 heavy (non-hydrogen) atoms. The lowest BCUT2D eigenvalue weighted by atomic mass is 10.1. The molecular weight excluding hydrogens is 216 g/mol. The third kappa shape index (κ3) is 2.42. The number of aliphatic hydroxyl groups excluding tert-OH is 1. The van der Waals surface area contributed by atoms with Crippen molar-refractivity contribution in [3.63, 3.8) is 0 Å². The Morgan fingerprint density at radius 3 is 2.65 bits per heavy atom. The molecule has 0 unspecified atom stereocenters. The first-order valence-corrected chi connectivity index (χ1v) is 5.85. The number of carbonyl (C=O) groups excluding carboxylic acids is 1. The van der Waals surface area contributed by atoms with Gasteiger partial charge in [0.1, 0.15) is 0 Å². The number of anilines is 1. The van der Waals surface area contributed by atoms with Gasteiger partial charge in [-0.05, 0) is 13.0 Å². The van der Waals surface area contributed by atoms with Crippen molar-refractivity contribution in [1.29, 1.82) is 0 Å². The van der Waals surface area contributed by atoms with Gasteiger partial charge in [0.2, 0.25) is 5.91 Å². The fourth-order valence-electron chi connectivity index (χ4n) is 2.09. The first kappa shape index (κ1) is 11.9. The molecule has 2 rings (SSSR count). The van der Waals surface area contributed by atoms with E-state index in [0.29, 0.717) is 6.54 Å². The molecule has 1 amide bonds. The predicted molar refractivity (Wildman–Crippen MR) is 66.9 cm³/mol. The van der Waals surface area contributed by atoms with E-state index in [-0.39, 0.29) is 5.91 Å². The summed E-state index contributed by atoms with van der Waals surface area (Å²) in [7, 11) is 1.82. The molecule has 0 radical (unpaired) electrons. The van der Waals surface area contributed by atoms with Crippen molar-refractivity contribution >= 4 is 11.6 Å². The van der Waals surface area contributed by atoms with Crippen LogP contribution in [-0.2, 0) is 4.79 Å². The van der Waals surface area contributed by atoms with Crippen LogP contribution >= 0.6 is 0 Å². The van der Waals surface area contributed by atoms with Crippen LogP contribution in [0.1, 0.15) is 18.6 Å². The number of amides is 1. The molecule has 1 N–H and O–H groups in total. The Bertz CT molecular complexity index is 418. The molecule has 0 aromatic heterocycles. The number of benzene rings is 1. The summed E-state index contributed by atoms with van der Waals surface area (Å²) in [5, 5.41) is 9.73. The number of rotatable bonds is 2. The summed E-state index contributed by atoms with van der Waals surface area (Å²) in [6.45, 7) is 3.68. The van der Waals surface area contributed by atoms with Crippen molar-refractivity contribution < 1.29 is 9.90 Å². The van der Waals surface area contributed by atoms with Gasteiger partial charge in [-0.25, -0.2) is 0 Å². The third-order valence-corrected chi connectivity index (χ3v) is 3.18. The van der Waals surface area contributed by atoms with E-state index in [4.69, 9.17) is 0 Å². The minimum atomic E-state index is -0.513. The highest BCUT2D eigenvalue weighted by atomic mass is 16.3. The highest BCUT2D eigenvalue weighted by Crippen LogP contribution is 2.26. The quantitative estimate of drug-likeness (QED) is 0.831. The van der Waals surface area contributed by atoms with Gasteiger partial charge >= 0.3 is 0 Å². The molecule has 0 saturated carbocycles. The molecule has 1 fully saturated rings. The second-order valence-corrected chi connectivity index (χ2v) is 4.47. The summed E-state index contributed by atoms with van der Waals surface area (Å²) in [4.78, 5) is 15.5. The molecule has 4 nitrogen and oxygen atoms in total. The second-order valence-electron chi connectivity index (χ2n) is 4.47. The highest BCUT2D eigenvalue weighted by Gasteiger charge is 2.23. The van der Waals surface area contributed by atoms with Crippen LogP contribution in [0.25, 0.3) is 0 Å². The maximum atomic E-state index is 11.7. The average molecular weight is 234 g/mol. The highest BCUT2D eigenvalue weighted by molar-refractivity contribution is 5.83. The summed E-state index contributed by atoms with van der Waals surface area (Å²) in [6.07, 6.45) is -0.513. The standard InChI is InChI=1S/C13H18N2O2/c1-10(16)11-5-3-4-6-12(11)15-8-7-14(2)13(17)9-15/h3-6,10,16H,7-9H2,1-2H3/t10-/m0/s1. The molecular formula is C13H18N2O2. The Labute approximate surface area is 101 Å². The van der Waals surface area contributed by atoms with Gasteiger partial charge in [-0.15, -0.1) is 0 Å². The van der Waals surface area contributed by atoms with Crippen molar-refractivity contribution in [3.05, 3.63) is 29.8 Å². The zero-order valence-electron chi connectivity index (χ0n) is 10.3. The molecule has 4 heteroatoms. The molecule has 0 spiro atoms. The van der Waals surface area contributed by atoms with Crippen molar-refractivity contribution in [2.24, 2.45) is 0 Å². The number of aliphatic hydroxyl groups is 1. The van der Waals surface area contributed by atoms with Crippen LogP contribution in [-0.4, -0.2) is 42.6 Å². The number of para-hydroxylation sites is 1. The number of nitrogens with zero attached hydrogens (tertiary/aromatic N) is 2. The summed E-state index contributed by atoms with van der Waals surface area (Å²) < 4.78 is 0. The van der Waals surface area contributed by atoms with Gasteiger partial charge in [-0.3, -0.25) is 4.79 Å². The maximum absolute atomic E-state index is 11.7. The van der Waals surface area contributed by atoms with Gasteiger partial charge in [-0.1, -0.05) is 18.2 Å². The smallest absolute Gasteiger partial charge is 0.241 e. The summed E-state index contributed by atoms with van der Waals surface area (Å²) >= 11 is 0. The number of hydrogen-bond donors (Lipinski definition) is 1. The van der Waals surface area contributed by atoms with E-state index in [1.54, 1.807) is 11.8 Å². The van der Waals surface area contributed by atoms with Gasteiger partial charge in [0.15, 0.2) is 0 Å². The van der Waals surface area contributed by atoms with Crippen LogP contribution in [0.4, 0.5) is 5.69 Å². The molecule has 1 aromatic carbocycles. The second kappa shape index (κ2) is 4.75. The lowest BCUT2D eigenvalue weighted by Crippen LogP contribution is -2.48. The topological polar surface area (TPSA) is 43.8 Å². The van der Waals surface area contributed by atoms with E-state index in [1.807, 2.05) is 36.2 Å². The van der Waals surface area contributed by atoms with Gasteiger partial charge < -0.3 is 14.9 Å². The van der Waals surface area contributed by atoms with Crippen molar-refractivity contribution in [3.8, 4) is 0 Å². The van der Waals surface area contributed by atoms with E-state index in [0.717, 1.165) is 24.3 Å². The van der Waals surface area contributed by atoms with E-state index in [9.17, 15) is 9.90 Å². The van der Waals surface area contributed by atoms with E-state index in [2.05, 4.69) is 0 Å². The number of piperazine rings is 1. The minimum Gasteiger partial charge on any atom is -0.389 e. The molecule has 0 aliphatic carbocycles. The summed E-state index contributed by atoms with van der Waals surface area (Å²) in [5.41, 5.74) is 1.84. The fourth-order valence-corrected chi connectivity index (χ4v) is 2.09. The fraction of sp³-hybridized carbons (Fsp3) is 0.462. The minimum absolute atomic E-state index is 0.122. The summed E-state index contributed by atoms with van der Waals surface area (Å²) in [6, 6.07) is 7.71. The first-order valence-electron chi connectivity index (χ1n) is 5.85. The van der Waals surface area contributed by atoms with Crippen LogP contribution in [0, 0.1) is 0 Å². The molecule has 1 aliphatic rings. The zero-order valence-corrected chi connectivity index (χ0v) is 10.3. The average Bonchev–Trinajstić information content (AvgIpc) is 2.32. The number of carbonyl (C=O) groups is 1. The zero-order chi connectivity index (χ0) is 12.4. The van der Waals surface area contributed by atoms with E-state index < -0.39 is 6.10 Å². The van der Waals surface area contributed by atoms with Crippen LogP contribution in [0.5, 0.6) is 0 Å². The van der Waals surface area contributed by atoms with Crippen LogP contribution in [0.15, 0.2) is 24.3 Å². The molecule has 1 aliphatic heterocycles. The summed E-state index contributed by atoms with van der Waals surface area (Å²) in [5.74, 6) is 0.122. The SMILES string of the molecule is C[C@H](O)c1ccccc1N1CCN(C)C(=O)C1. The molecule has 92 valence electrons. The predicted octanol–water partition coefficient (Wildman–Crippen LogP) is 1.02. The lowest BCUT2D eigenvalue weighted by Gasteiger charge is -2.35. The molecule has 0 bridgehead atoms.